The molecule has 16 heavy (non-hydrogen) atoms. The highest BCUT2D eigenvalue weighted by atomic mass is 19.1. The van der Waals surface area contributed by atoms with E-state index in [2.05, 4.69) is 4.98 Å². The van der Waals surface area contributed by atoms with Crippen molar-refractivity contribution >= 4 is 0 Å². The Balaban J connectivity index is 1.96. The first kappa shape index (κ1) is 11.5. The van der Waals surface area contributed by atoms with Gasteiger partial charge in [0.1, 0.15) is 5.82 Å². The van der Waals surface area contributed by atoms with E-state index in [1.165, 1.54) is 6.20 Å². The Morgan fingerprint density at radius 3 is 2.94 bits per heavy atom. The van der Waals surface area contributed by atoms with Crippen molar-refractivity contribution in [2.24, 2.45) is 11.7 Å². The van der Waals surface area contributed by atoms with Crippen molar-refractivity contribution < 1.29 is 9.13 Å². The summed E-state index contributed by atoms with van der Waals surface area (Å²) < 4.78 is 18.7. The molecular formula is C12H17FN2O. The summed E-state index contributed by atoms with van der Waals surface area (Å²) in [5.74, 6) is 0.248. The highest BCUT2D eigenvalue weighted by Gasteiger charge is 2.19. The normalized spacial score (nSPS) is 19.6. The lowest BCUT2D eigenvalue weighted by molar-refractivity contribution is 0.0617. The molecule has 1 unspecified atom stereocenters. The van der Waals surface area contributed by atoms with Gasteiger partial charge in [-0.25, -0.2) is 4.39 Å². The second-order valence-electron chi connectivity index (χ2n) is 4.30. The number of hydrogen-bond acceptors (Lipinski definition) is 3. The van der Waals surface area contributed by atoms with Gasteiger partial charge in [-0.15, -0.1) is 0 Å². The lowest BCUT2D eigenvalue weighted by atomic mass is 9.90. The molecule has 0 radical (unpaired) electrons. The minimum Gasteiger partial charge on any atom is -0.381 e. The molecule has 0 aliphatic carbocycles. The van der Waals surface area contributed by atoms with Crippen molar-refractivity contribution in [2.75, 3.05) is 13.2 Å². The second-order valence-corrected chi connectivity index (χ2v) is 4.30. The average Bonchev–Trinajstić information content (AvgIpc) is 2.31. The van der Waals surface area contributed by atoms with Crippen molar-refractivity contribution in [1.82, 2.24) is 4.98 Å². The van der Waals surface area contributed by atoms with Crippen molar-refractivity contribution in [1.29, 1.82) is 0 Å². The maximum absolute atomic E-state index is 13.4. The summed E-state index contributed by atoms with van der Waals surface area (Å²) in [6.45, 7) is 1.60. The molecule has 1 aromatic rings. The van der Waals surface area contributed by atoms with Gasteiger partial charge in [-0.05, 0) is 31.2 Å². The SMILES string of the molecule is NC(CC1CCOCC1)c1ccncc1F. The molecule has 3 nitrogen and oxygen atoms in total. The first-order valence-corrected chi connectivity index (χ1v) is 5.70. The van der Waals surface area contributed by atoms with Gasteiger partial charge in [-0.3, -0.25) is 4.98 Å². The van der Waals surface area contributed by atoms with E-state index in [4.69, 9.17) is 10.5 Å². The largest absolute Gasteiger partial charge is 0.381 e. The molecule has 2 heterocycles. The van der Waals surface area contributed by atoms with Crippen LogP contribution >= 0.6 is 0 Å². The van der Waals surface area contributed by atoms with Gasteiger partial charge in [0.25, 0.3) is 0 Å². The number of nitrogens with zero attached hydrogens (tertiary/aromatic N) is 1. The third-order valence-electron chi connectivity index (χ3n) is 3.13. The van der Waals surface area contributed by atoms with Crippen molar-refractivity contribution in [3.63, 3.8) is 0 Å². The second kappa shape index (κ2) is 5.37. The van der Waals surface area contributed by atoms with Crippen LogP contribution in [0.15, 0.2) is 18.5 Å². The van der Waals surface area contributed by atoms with E-state index >= 15 is 0 Å². The molecule has 1 saturated heterocycles. The summed E-state index contributed by atoms with van der Waals surface area (Å²) >= 11 is 0. The topological polar surface area (TPSA) is 48.1 Å². The minimum atomic E-state index is -0.304. The number of aromatic nitrogens is 1. The summed E-state index contributed by atoms with van der Waals surface area (Å²) in [6, 6.07) is 1.44. The Labute approximate surface area is 94.8 Å². The van der Waals surface area contributed by atoms with E-state index in [0.29, 0.717) is 11.5 Å². The molecule has 1 aliphatic rings. The van der Waals surface area contributed by atoms with Gasteiger partial charge in [0.15, 0.2) is 0 Å². The van der Waals surface area contributed by atoms with Crippen LogP contribution in [0.4, 0.5) is 4.39 Å². The van der Waals surface area contributed by atoms with E-state index in [1.807, 2.05) is 0 Å². The van der Waals surface area contributed by atoms with Crippen LogP contribution in [-0.4, -0.2) is 18.2 Å². The molecule has 0 aromatic carbocycles. The van der Waals surface area contributed by atoms with Crippen LogP contribution in [-0.2, 0) is 4.74 Å². The molecule has 1 atom stereocenters. The summed E-state index contributed by atoms with van der Waals surface area (Å²) in [4.78, 5) is 3.72. The van der Waals surface area contributed by atoms with Gasteiger partial charge >= 0.3 is 0 Å². The molecule has 1 aliphatic heterocycles. The number of pyridine rings is 1. The molecular weight excluding hydrogens is 207 g/mol. The highest BCUT2D eigenvalue weighted by molar-refractivity contribution is 5.16. The van der Waals surface area contributed by atoms with Gasteiger partial charge < -0.3 is 10.5 Å². The van der Waals surface area contributed by atoms with E-state index in [0.717, 1.165) is 32.5 Å². The molecule has 0 amide bonds. The quantitative estimate of drug-likeness (QED) is 0.854. The fourth-order valence-electron chi connectivity index (χ4n) is 2.15. The fraction of sp³-hybridized carbons (Fsp3) is 0.583. The van der Waals surface area contributed by atoms with Crippen LogP contribution < -0.4 is 5.73 Å². The third-order valence-corrected chi connectivity index (χ3v) is 3.13. The van der Waals surface area contributed by atoms with Crippen molar-refractivity contribution in [3.05, 3.63) is 29.8 Å². The molecule has 2 N–H and O–H groups in total. The van der Waals surface area contributed by atoms with E-state index < -0.39 is 0 Å². The zero-order chi connectivity index (χ0) is 11.4. The Bertz CT molecular complexity index is 340. The number of halogens is 1. The number of nitrogens with two attached hydrogens (primary N) is 1. The maximum Gasteiger partial charge on any atom is 0.146 e. The molecule has 1 aromatic heterocycles. The summed E-state index contributed by atoms with van der Waals surface area (Å²) in [7, 11) is 0. The summed E-state index contributed by atoms with van der Waals surface area (Å²) in [5, 5.41) is 0. The number of ether oxygens (including phenoxy) is 1. The van der Waals surface area contributed by atoms with Gasteiger partial charge in [0.05, 0.1) is 6.20 Å². The zero-order valence-corrected chi connectivity index (χ0v) is 9.23. The standard InChI is InChI=1S/C12H17FN2O/c13-11-8-15-4-1-10(11)12(14)7-9-2-5-16-6-3-9/h1,4,8-9,12H,2-3,5-7,14H2. The lowest BCUT2D eigenvalue weighted by Gasteiger charge is -2.25. The van der Waals surface area contributed by atoms with Gasteiger partial charge in [0.2, 0.25) is 0 Å². The molecule has 0 saturated carbocycles. The fourth-order valence-corrected chi connectivity index (χ4v) is 2.15. The predicted molar refractivity (Wildman–Crippen MR) is 59.3 cm³/mol. The van der Waals surface area contributed by atoms with Crippen LogP contribution in [0, 0.1) is 11.7 Å². The Kier molecular flexibility index (Phi) is 3.85. The molecule has 0 bridgehead atoms. The molecule has 88 valence electrons. The smallest absolute Gasteiger partial charge is 0.146 e. The van der Waals surface area contributed by atoms with Crippen LogP contribution in [0.3, 0.4) is 0 Å². The molecule has 1 fully saturated rings. The van der Waals surface area contributed by atoms with Crippen LogP contribution in [0.25, 0.3) is 0 Å². The van der Waals surface area contributed by atoms with Gasteiger partial charge in [0, 0.05) is 31.0 Å². The van der Waals surface area contributed by atoms with Gasteiger partial charge in [-0.2, -0.15) is 0 Å². The third kappa shape index (κ3) is 2.77. The van der Waals surface area contributed by atoms with Crippen molar-refractivity contribution in [3.8, 4) is 0 Å². The lowest BCUT2D eigenvalue weighted by Crippen LogP contribution is -2.22. The summed E-state index contributed by atoms with van der Waals surface area (Å²) in [6.07, 6.45) is 5.69. The molecule has 4 heteroatoms. The summed E-state index contributed by atoms with van der Waals surface area (Å²) in [5.41, 5.74) is 6.59. The van der Waals surface area contributed by atoms with Crippen LogP contribution in [0.2, 0.25) is 0 Å². The average molecular weight is 224 g/mol. The number of rotatable bonds is 3. The van der Waals surface area contributed by atoms with Gasteiger partial charge in [-0.1, -0.05) is 0 Å². The Hall–Kier alpha value is -1.00. The molecule has 0 spiro atoms. The van der Waals surface area contributed by atoms with Crippen LogP contribution in [0.1, 0.15) is 30.9 Å². The first-order chi connectivity index (χ1) is 7.77. The Morgan fingerprint density at radius 2 is 2.25 bits per heavy atom. The maximum atomic E-state index is 13.4. The first-order valence-electron chi connectivity index (χ1n) is 5.70. The van der Waals surface area contributed by atoms with E-state index in [9.17, 15) is 4.39 Å². The minimum absolute atomic E-state index is 0.230. The van der Waals surface area contributed by atoms with Crippen LogP contribution in [0.5, 0.6) is 0 Å². The number of hydrogen-bond donors (Lipinski definition) is 1. The van der Waals surface area contributed by atoms with E-state index in [1.54, 1.807) is 12.3 Å². The van der Waals surface area contributed by atoms with E-state index in [-0.39, 0.29) is 11.9 Å². The monoisotopic (exact) mass is 224 g/mol. The Morgan fingerprint density at radius 1 is 1.50 bits per heavy atom. The predicted octanol–water partition coefficient (Wildman–Crippen LogP) is 2.04. The van der Waals surface area contributed by atoms with Crippen molar-refractivity contribution in [2.45, 2.75) is 25.3 Å². The highest BCUT2D eigenvalue weighted by Crippen LogP contribution is 2.26. The zero-order valence-electron chi connectivity index (χ0n) is 9.23. The molecule has 2 rings (SSSR count).